The van der Waals surface area contributed by atoms with Gasteiger partial charge in [0.25, 0.3) is 0 Å². The van der Waals surface area contributed by atoms with Crippen molar-refractivity contribution in [3.63, 3.8) is 0 Å². The zero-order valence-electron chi connectivity index (χ0n) is 20.6. The second kappa shape index (κ2) is 10.4. The molecule has 3 aliphatic rings. The number of hydrogen-bond donors (Lipinski definition) is 1. The number of nitrogens with one attached hydrogen (secondary N) is 1. The molecule has 1 aromatic carbocycles. The zero-order chi connectivity index (χ0) is 24.5. The number of ether oxygens (including phenoxy) is 2. The summed E-state index contributed by atoms with van der Waals surface area (Å²) in [5.74, 6) is 1.70. The third-order valence-electron chi connectivity index (χ3n) is 8.26. The fourth-order valence-electron chi connectivity index (χ4n) is 6.28. The van der Waals surface area contributed by atoms with Crippen LogP contribution in [0.2, 0.25) is 0 Å². The number of methoxy groups -OCH3 is 2. The van der Waals surface area contributed by atoms with E-state index >= 15 is 0 Å². The number of hydrogen-bond acceptors (Lipinski definition) is 5. The molecular weight excluding hydrogens is 524 g/mol. The summed E-state index contributed by atoms with van der Waals surface area (Å²) in [6.45, 7) is 3.20. The van der Waals surface area contributed by atoms with Crippen molar-refractivity contribution in [3.05, 3.63) is 56.7 Å². The van der Waals surface area contributed by atoms with Crippen molar-refractivity contribution in [2.75, 3.05) is 33.9 Å². The van der Waals surface area contributed by atoms with Gasteiger partial charge in [-0.1, -0.05) is 12.1 Å². The Morgan fingerprint density at radius 3 is 2.83 bits per heavy atom. The number of likely N-dealkylation sites (tertiary alicyclic amines) is 1. The van der Waals surface area contributed by atoms with Crippen LogP contribution in [0.5, 0.6) is 5.75 Å². The number of piperidine rings is 1. The molecule has 188 valence electrons. The minimum absolute atomic E-state index is 0.0311. The molecule has 2 saturated carbocycles. The maximum Gasteiger partial charge on any atom is 0.244 e. The number of carbonyl (C=O) groups excluding carboxylic acids is 1. The highest BCUT2D eigenvalue weighted by Crippen LogP contribution is 2.54. The first-order valence-corrected chi connectivity index (χ1v) is 14.3. The highest BCUT2D eigenvalue weighted by atomic mass is 79.9. The Kier molecular flexibility index (Phi) is 7.40. The highest BCUT2D eigenvalue weighted by Gasteiger charge is 2.59. The molecule has 3 fully saturated rings. The topological polar surface area (TPSA) is 50.8 Å². The van der Waals surface area contributed by atoms with Gasteiger partial charge in [-0.3, -0.25) is 4.79 Å². The highest BCUT2D eigenvalue weighted by molar-refractivity contribution is 9.10. The summed E-state index contributed by atoms with van der Waals surface area (Å²) in [5, 5.41) is 5.34. The van der Waals surface area contributed by atoms with E-state index in [1.165, 1.54) is 24.9 Å². The Balaban J connectivity index is 1.39. The summed E-state index contributed by atoms with van der Waals surface area (Å²) < 4.78 is 13.1. The second-order valence-electron chi connectivity index (χ2n) is 10.4. The Morgan fingerprint density at radius 2 is 2.11 bits per heavy atom. The predicted octanol–water partition coefficient (Wildman–Crippen LogP) is 5.64. The van der Waals surface area contributed by atoms with E-state index in [9.17, 15) is 4.79 Å². The van der Waals surface area contributed by atoms with Gasteiger partial charge in [-0.2, -0.15) is 0 Å². The van der Waals surface area contributed by atoms with E-state index in [0.29, 0.717) is 0 Å². The summed E-state index contributed by atoms with van der Waals surface area (Å²) in [7, 11) is 3.61. The van der Waals surface area contributed by atoms with Crippen LogP contribution in [0.1, 0.15) is 49.0 Å². The Morgan fingerprint density at radius 1 is 1.26 bits per heavy atom. The molecule has 3 atom stereocenters. The molecule has 2 aliphatic carbocycles. The molecule has 5 rings (SSSR count). The normalized spacial score (nSPS) is 29.2. The molecule has 0 unspecified atom stereocenters. The largest absolute Gasteiger partial charge is 0.497 e. The van der Waals surface area contributed by atoms with E-state index in [4.69, 9.17) is 9.47 Å². The molecule has 2 heterocycles. The molecule has 1 aliphatic heterocycles. The van der Waals surface area contributed by atoms with Gasteiger partial charge in [-0.25, -0.2) is 0 Å². The lowest BCUT2D eigenvalue weighted by Gasteiger charge is -2.60. The number of thiophene rings is 1. The Labute approximate surface area is 221 Å². The molecular formula is C28H35BrN2O3S. The van der Waals surface area contributed by atoms with Crippen LogP contribution in [0.25, 0.3) is 6.08 Å². The van der Waals surface area contributed by atoms with Crippen molar-refractivity contribution in [2.24, 2.45) is 5.92 Å². The lowest BCUT2D eigenvalue weighted by molar-refractivity contribution is -0.150. The van der Waals surface area contributed by atoms with Gasteiger partial charge in [0.1, 0.15) is 5.75 Å². The summed E-state index contributed by atoms with van der Waals surface area (Å²) in [6.07, 6.45) is 10.0. The van der Waals surface area contributed by atoms with E-state index in [1.807, 2.05) is 30.7 Å². The second-order valence-corrected chi connectivity index (χ2v) is 12.2. The van der Waals surface area contributed by atoms with E-state index in [1.54, 1.807) is 24.5 Å². The SMILES string of the molecule is COc1cccc([C@@]23CCN(CC4CC4)C[C@@]2(OC)CC[C@@H](NC(=O)/C=C/c2cc(Br)cs2)C3)c1. The van der Waals surface area contributed by atoms with Crippen LogP contribution in [0.4, 0.5) is 0 Å². The van der Waals surface area contributed by atoms with E-state index < -0.39 is 0 Å². The number of rotatable bonds is 8. The van der Waals surface area contributed by atoms with Crippen molar-refractivity contribution in [2.45, 2.75) is 55.6 Å². The van der Waals surface area contributed by atoms with Crippen LogP contribution in [0.3, 0.4) is 0 Å². The fraction of sp³-hybridized carbons (Fsp3) is 0.536. The van der Waals surface area contributed by atoms with Crippen LogP contribution >= 0.6 is 27.3 Å². The number of fused-ring (bicyclic) bond motifs is 1. The van der Waals surface area contributed by atoms with Crippen LogP contribution in [-0.2, 0) is 14.9 Å². The van der Waals surface area contributed by atoms with Crippen molar-refractivity contribution >= 4 is 39.2 Å². The van der Waals surface area contributed by atoms with Crippen molar-refractivity contribution in [3.8, 4) is 5.75 Å². The van der Waals surface area contributed by atoms with Crippen molar-refractivity contribution in [1.29, 1.82) is 0 Å². The van der Waals surface area contributed by atoms with Gasteiger partial charge in [0, 0.05) is 52.5 Å². The van der Waals surface area contributed by atoms with Gasteiger partial charge < -0.3 is 19.7 Å². The molecule has 2 aromatic rings. The molecule has 0 spiro atoms. The lowest BCUT2D eigenvalue weighted by Crippen LogP contribution is -2.68. The van der Waals surface area contributed by atoms with E-state index in [-0.39, 0.29) is 23.0 Å². The molecule has 35 heavy (non-hydrogen) atoms. The van der Waals surface area contributed by atoms with Gasteiger partial charge in [-0.05, 0) is 96.8 Å². The third kappa shape index (κ3) is 5.24. The smallest absolute Gasteiger partial charge is 0.244 e. The minimum Gasteiger partial charge on any atom is -0.497 e. The maximum atomic E-state index is 12.9. The molecule has 1 saturated heterocycles. The fourth-order valence-corrected chi connectivity index (χ4v) is 7.62. The monoisotopic (exact) mass is 558 g/mol. The average Bonchev–Trinajstić information content (AvgIpc) is 3.60. The summed E-state index contributed by atoms with van der Waals surface area (Å²) >= 11 is 5.09. The van der Waals surface area contributed by atoms with E-state index in [2.05, 4.69) is 44.3 Å². The van der Waals surface area contributed by atoms with E-state index in [0.717, 1.165) is 59.8 Å². The predicted molar refractivity (Wildman–Crippen MR) is 145 cm³/mol. The Hall–Kier alpha value is -1.67. The van der Waals surface area contributed by atoms with Crippen LogP contribution in [0.15, 0.2) is 46.3 Å². The number of carbonyl (C=O) groups is 1. The third-order valence-corrected chi connectivity index (χ3v) is 9.92. The Bertz CT molecular complexity index is 1080. The zero-order valence-corrected chi connectivity index (χ0v) is 23.0. The van der Waals surface area contributed by atoms with Crippen LogP contribution in [-0.4, -0.2) is 56.3 Å². The number of nitrogens with zero attached hydrogens (tertiary/aromatic N) is 1. The molecule has 5 nitrogen and oxygen atoms in total. The van der Waals surface area contributed by atoms with Crippen LogP contribution in [0, 0.1) is 5.92 Å². The number of amides is 1. The quantitative estimate of drug-likeness (QED) is 0.426. The van der Waals surface area contributed by atoms with Crippen molar-refractivity contribution < 1.29 is 14.3 Å². The molecule has 1 N–H and O–H groups in total. The van der Waals surface area contributed by atoms with Gasteiger partial charge in [0.15, 0.2) is 0 Å². The van der Waals surface area contributed by atoms with Crippen molar-refractivity contribution in [1.82, 2.24) is 10.2 Å². The first kappa shape index (κ1) is 25.0. The molecule has 0 bridgehead atoms. The standard InChI is InChI=1S/C28H35BrN2O3S/c1-33-24-5-3-4-21(14-24)27-12-13-31(17-20-6-7-20)19-28(27,34-2)11-10-23(16-27)30-26(32)9-8-25-15-22(29)18-35-25/h3-5,8-9,14-15,18,20,23H,6-7,10-13,16-17,19H2,1-2H3,(H,30,32)/b9-8+/t23-,27+,28+/m1/s1. The molecule has 0 radical (unpaired) electrons. The van der Waals surface area contributed by atoms with Gasteiger partial charge >= 0.3 is 0 Å². The first-order chi connectivity index (χ1) is 16.9. The number of benzene rings is 1. The molecule has 1 aromatic heterocycles. The van der Waals surface area contributed by atoms with Gasteiger partial charge in [0.2, 0.25) is 5.91 Å². The van der Waals surface area contributed by atoms with Gasteiger partial charge in [-0.15, -0.1) is 11.3 Å². The maximum absolute atomic E-state index is 12.9. The van der Waals surface area contributed by atoms with Crippen LogP contribution < -0.4 is 10.1 Å². The summed E-state index contributed by atoms with van der Waals surface area (Å²) in [6, 6.07) is 10.6. The lowest BCUT2D eigenvalue weighted by atomic mass is 9.55. The molecule has 1 amide bonds. The average molecular weight is 560 g/mol. The summed E-state index contributed by atoms with van der Waals surface area (Å²) in [5.41, 5.74) is 0.824. The minimum atomic E-state index is -0.271. The number of halogens is 1. The molecule has 7 heteroatoms. The summed E-state index contributed by atoms with van der Waals surface area (Å²) in [4.78, 5) is 16.5. The van der Waals surface area contributed by atoms with Gasteiger partial charge in [0.05, 0.1) is 12.7 Å². The first-order valence-electron chi connectivity index (χ1n) is 12.6.